The van der Waals surface area contributed by atoms with E-state index < -0.39 is 0 Å². The lowest BCUT2D eigenvalue weighted by molar-refractivity contribution is -0.116. The molecule has 0 aliphatic carbocycles. The van der Waals surface area contributed by atoms with E-state index >= 15 is 0 Å². The molecule has 0 radical (unpaired) electrons. The highest BCUT2D eigenvalue weighted by Crippen LogP contribution is 2.32. The van der Waals surface area contributed by atoms with Gasteiger partial charge in [-0.05, 0) is 24.3 Å². The van der Waals surface area contributed by atoms with Crippen molar-refractivity contribution in [2.45, 2.75) is 6.92 Å². The molecule has 0 unspecified atom stereocenters. The van der Waals surface area contributed by atoms with E-state index in [0.29, 0.717) is 28.0 Å². The Morgan fingerprint density at radius 1 is 1.20 bits per heavy atom. The lowest BCUT2D eigenvalue weighted by Crippen LogP contribution is -2.22. The zero-order chi connectivity index (χ0) is 21.3. The van der Waals surface area contributed by atoms with Gasteiger partial charge in [0.25, 0.3) is 5.91 Å². The third-order valence-corrected chi connectivity index (χ3v) is 5.52. The standard InChI is InChI=1S/C20H18N6O3S/c1-12(27)25(2)20-22-11-15(30-20)17-24-16(14-8-4-5-10-26(14)17)18(28)23-13-7-6-9-21-19(13)29-3/h4-11H,1-3H3,(H,23,28). The SMILES string of the molecule is COc1ncccc1NC(=O)c1nc(-c2cnc(N(C)C(C)=O)s2)n2ccccc12. The highest BCUT2D eigenvalue weighted by Gasteiger charge is 2.21. The average Bonchev–Trinajstić information content (AvgIpc) is 3.38. The molecule has 152 valence electrons. The molecule has 0 aromatic carbocycles. The largest absolute Gasteiger partial charge is 0.480 e. The smallest absolute Gasteiger partial charge is 0.276 e. The number of thiazole rings is 1. The summed E-state index contributed by atoms with van der Waals surface area (Å²) in [5, 5.41) is 3.36. The van der Waals surface area contributed by atoms with Crippen LogP contribution in [0.1, 0.15) is 17.4 Å². The van der Waals surface area contributed by atoms with E-state index in [-0.39, 0.29) is 17.5 Å². The van der Waals surface area contributed by atoms with Crippen molar-refractivity contribution in [3.8, 4) is 16.6 Å². The maximum absolute atomic E-state index is 13.0. The number of pyridine rings is 2. The Morgan fingerprint density at radius 3 is 2.80 bits per heavy atom. The molecule has 0 fully saturated rings. The fraction of sp³-hybridized carbons (Fsp3) is 0.150. The van der Waals surface area contributed by atoms with Crippen molar-refractivity contribution >= 4 is 39.5 Å². The fourth-order valence-corrected chi connectivity index (χ4v) is 3.78. The summed E-state index contributed by atoms with van der Waals surface area (Å²) in [5.41, 5.74) is 1.35. The van der Waals surface area contributed by atoms with Crippen molar-refractivity contribution in [1.29, 1.82) is 0 Å². The molecule has 4 aromatic rings. The van der Waals surface area contributed by atoms with Crippen LogP contribution in [0.25, 0.3) is 16.2 Å². The van der Waals surface area contributed by atoms with Gasteiger partial charge in [0.1, 0.15) is 5.69 Å². The molecule has 4 rings (SSSR count). The number of fused-ring (bicyclic) bond motifs is 1. The molecule has 0 saturated heterocycles. The number of nitrogens with one attached hydrogen (secondary N) is 1. The molecule has 0 saturated carbocycles. The lowest BCUT2D eigenvalue weighted by atomic mass is 10.3. The van der Waals surface area contributed by atoms with Crippen molar-refractivity contribution < 1.29 is 14.3 Å². The van der Waals surface area contributed by atoms with Gasteiger partial charge < -0.3 is 10.1 Å². The Bertz CT molecular complexity index is 1250. The van der Waals surface area contributed by atoms with Gasteiger partial charge in [-0.1, -0.05) is 17.4 Å². The summed E-state index contributed by atoms with van der Waals surface area (Å²) in [6.45, 7) is 1.47. The number of aromatic nitrogens is 4. The van der Waals surface area contributed by atoms with Gasteiger partial charge in [0, 0.05) is 26.4 Å². The predicted molar refractivity (Wildman–Crippen MR) is 114 cm³/mol. The Labute approximate surface area is 176 Å². The number of ether oxygens (including phenoxy) is 1. The lowest BCUT2D eigenvalue weighted by Gasteiger charge is -2.09. The number of amides is 2. The number of nitrogens with zero attached hydrogens (tertiary/aromatic N) is 5. The molecule has 30 heavy (non-hydrogen) atoms. The van der Waals surface area contributed by atoms with Crippen LogP contribution in [0.5, 0.6) is 5.88 Å². The van der Waals surface area contributed by atoms with Crippen LogP contribution in [0.3, 0.4) is 0 Å². The molecule has 4 heterocycles. The van der Waals surface area contributed by atoms with Crippen LogP contribution in [-0.4, -0.2) is 45.3 Å². The first-order valence-electron chi connectivity index (χ1n) is 8.97. The van der Waals surface area contributed by atoms with E-state index in [1.54, 1.807) is 31.6 Å². The second-order valence-corrected chi connectivity index (χ2v) is 7.35. The van der Waals surface area contributed by atoms with Gasteiger partial charge in [-0.2, -0.15) is 0 Å². The summed E-state index contributed by atoms with van der Waals surface area (Å²) in [5.74, 6) is 0.375. The van der Waals surface area contributed by atoms with E-state index in [1.165, 1.54) is 30.3 Å². The summed E-state index contributed by atoms with van der Waals surface area (Å²) in [4.78, 5) is 39.8. The summed E-state index contributed by atoms with van der Waals surface area (Å²) >= 11 is 1.32. The van der Waals surface area contributed by atoms with Gasteiger partial charge in [-0.25, -0.2) is 15.0 Å². The quantitative estimate of drug-likeness (QED) is 0.530. The van der Waals surface area contributed by atoms with Gasteiger partial charge in [-0.3, -0.25) is 18.9 Å². The zero-order valence-electron chi connectivity index (χ0n) is 16.5. The van der Waals surface area contributed by atoms with Crippen LogP contribution in [0.4, 0.5) is 10.8 Å². The second-order valence-electron chi connectivity index (χ2n) is 6.34. The molecule has 2 amide bonds. The van der Waals surface area contributed by atoms with Gasteiger partial charge >= 0.3 is 0 Å². The molecule has 4 aromatic heterocycles. The first-order valence-corrected chi connectivity index (χ1v) is 9.79. The Morgan fingerprint density at radius 2 is 2.03 bits per heavy atom. The van der Waals surface area contributed by atoms with Crippen LogP contribution in [0.15, 0.2) is 48.9 Å². The summed E-state index contributed by atoms with van der Waals surface area (Å²) in [7, 11) is 3.15. The second kappa shape index (κ2) is 7.91. The number of methoxy groups -OCH3 is 1. The van der Waals surface area contributed by atoms with Crippen molar-refractivity contribution in [3.05, 3.63) is 54.6 Å². The maximum Gasteiger partial charge on any atom is 0.276 e. The molecule has 0 atom stereocenters. The van der Waals surface area contributed by atoms with Crippen molar-refractivity contribution in [1.82, 2.24) is 19.4 Å². The zero-order valence-corrected chi connectivity index (χ0v) is 17.3. The van der Waals surface area contributed by atoms with Crippen molar-refractivity contribution in [3.63, 3.8) is 0 Å². The number of imidazole rings is 1. The van der Waals surface area contributed by atoms with Crippen LogP contribution < -0.4 is 15.0 Å². The number of anilines is 2. The number of carbonyl (C=O) groups is 2. The summed E-state index contributed by atoms with van der Waals surface area (Å²) < 4.78 is 7.02. The van der Waals surface area contributed by atoms with E-state index in [9.17, 15) is 9.59 Å². The van der Waals surface area contributed by atoms with Crippen LogP contribution in [0, 0.1) is 0 Å². The van der Waals surface area contributed by atoms with Gasteiger partial charge in [0.05, 0.1) is 23.7 Å². The number of rotatable bonds is 5. The van der Waals surface area contributed by atoms with E-state index in [0.717, 1.165) is 4.88 Å². The molecule has 0 aliphatic rings. The molecule has 10 heteroatoms. The number of carbonyl (C=O) groups excluding carboxylic acids is 2. The molecule has 0 spiro atoms. The van der Waals surface area contributed by atoms with E-state index in [2.05, 4.69) is 20.3 Å². The Kier molecular flexibility index (Phi) is 5.15. The minimum atomic E-state index is -0.387. The summed E-state index contributed by atoms with van der Waals surface area (Å²) in [6, 6.07) is 8.92. The van der Waals surface area contributed by atoms with E-state index in [1.807, 2.05) is 28.8 Å². The monoisotopic (exact) mass is 422 g/mol. The summed E-state index contributed by atoms with van der Waals surface area (Å²) in [6.07, 6.45) is 5.05. The Balaban J connectivity index is 1.74. The van der Waals surface area contributed by atoms with Crippen LogP contribution >= 0.6 is 11.3 Å². The molecule has 0 bridgehead atoms. The Hall–Kier alpha value is -3.79. The third kappa shape index (κ3) is 3.48. The van der Waals surface area contributed by atoms with E-state index in [4.69, 9.17) is 4.74 Å². The molecule has 0 aliphatic heterocycles. The van der Waals surface area contributed by atoms with Gasteiger partial charge in [0.2, 0.25) is 11.8 Å². The maximum atomic E-state index is 13.0. The third-order valence-electron chi connectivity index (χ3n) is 4.45. The van der Waals surface area contributed by atoms with Crippen LogP contribution in [0.2, 0.25) is 0 Å². The van der Waals surface area contributed by atoms with Gasteiger partial charge in [0.15, 0.2) is 16.6 Å². The minimum absolute atomic E-state index is 0.116. The topological polar surface area (TPSA) is 102 Å². The van der Waals surface area contributed by atoms with Crippen molar-refractivity contribution in [2.24, 2.45) is 0 Å². The highest BCUT2D eigenvalue weighted by atomic mass is 32.1. The number of hydrogen-bond donors (Lipinski definition) is 1. The molecule has 9 nitrogen and oxygen atoms in total. The first kappa shape index (κ1) is 19.5. The molecular weight excluding hydrogens is 404 g/mol. The number of hydrogen-bond acceptors (Lipinski definition) is 7. The highest BCUT2D eigenvalue weighted by molar-refractivity contribution is 7.19. The van der Waals surface area contributed by atoms with Crippen molar-refractivity contribution in [2.75, 3.05) is 24.4 Å². The average molecular weight is 422 g/mol. The van der Waals surface area contributed by atoms with Crippen LogP contribution in [-0.2, 0) is 4.79 Å². The fourth-order valence-electron chi connectivity index (χ4n) is 2.87. The molecule has 1 N–H and O–H groups in total. The molecular formula is C20H18N6O3S. The predicted octanol–water partition coefficient (Wildman–Crippen LogP) is 3.10. The van der Waals surface area contributed by atoms with Gasteiger partial charge in [-0.15, -0.1) is 0 Å². The first-order chi connectivity index (χ1) is 14.5. The minimum Gasteiger partial charge on any atom is -0.480 e. The normalized spacial score (nSPS) is 10.8.